The van der Waals surface area contributed by atoms with Crippen molar-refractivity contribution in [2.45, 2.75) is 11.8 Å². The molecule has 0 spiro atoms. The first-order valence-corrected chi connectivity index (χ1v) is 6.97. The molecule has 0 atom stereocenters. The third kappa shape index (κ3) is 4.26. The van der Waals surface area contributed by atoms with E-state index in [9.17, 15) is 13.2 Å². The molecule has 0 radical (unpaired) electrons. The Morgan fingerprint density at radius 3 is 2.72 bits per heavy atom. The van der Waals surface area contributed by atoms with Gasteiger partial charge in [0.25, 0.3) is 0 Å². The number of carbonyl (C=O) groups excluding carboxylic acids is 1. The van der Waals surface area contributed by atoms with Gasteiger partial charge in [-0.05, 0) is 25.1 Å². The summed E-state index contributed by atoms with van der Waals surface area (Å²) in [5.41, 5.74) is 0.174. The number of benzene rings is 1. The van der Waals surface area contributed by atoms with E-state index in [1.165, 1.54) is 18.2 Å². The van der Waals surface area contributed by atoms with Gasteiger partial charge in [0.2, 0.25) is 15.9 Å². The van der Waals surface area contributed by atoms with Crippen molar-refractivity contribution >= 4 is 33.2 Å². The summed E-state index contributed by atoms with van der Waals surface area (Å²) in [4.78, 5) is 11.3. The molecular weight excluding hydrogens is 280 g/mol. The molecule has 6 nitrogen and oxygen atoms in total. The van der Waals surface area contributed by atoms with Crippen molar-refractivity contribution in [2.24, 2.45) is 5.14 Å². The first-order chi connectivity index (χ1) is 8.34. The molecule has 1 aromatic rings. The molecule has 0 aliphatic rings. The first-order valence-electron chi connectivity index (χ1n) is 5.04. The Balaban J connectivity index is 2.92. The van der Waals surface area contributed by atoms with Gasteiger partial charge in [0, 0.05) is 6.61 Å². The summed E-state index contributed by atoms with van der Waals surface area (Å²) in [6.07, 6.45) is 0. The molecule has 1 amide bonds. The van der Waals surface area contributed by atoms with Gasteiger partial charge in [0.1, 0.15) is 6.61 Å². The third-order valence-electron chi connectivity index (χ3n) is 1.98. The number of primary sulfonamides is 1. The Labute approximate surface area is 110 Å². The van der Waals surface area contributed by atoms with Crippen molar-refractivity contribution in [3.8, 4) is 0 Å². The van der Waals surface area contributed by atoms with Crippen LogP contribution in [0.25, 0.3) is 0 Å². The molecule has 0 saturated carbocycles. The minimum absolute atomic E-state index is 0.126. The second kappa shape index (κ2) is 6.14. The topological polar surface area (TPSA) is 98.5 Å². The van der Waals surface area contributed by atoms with Gasteiger partial charge in [-0.25, -0.2) is 13.6 Å². The van der Waals surface area contributed by atoms with Crippen LogP contribution in [-0.2, 0) is 19.6 Å². The summed E-state index contributed by atoms with van der Waals surface area (Å²) in [5.74, 6) is -0.426. The van der Waals surface area contributed by atoms with Crippen molar-refractivity contribution in [3.05, 3.63) is 23.2 Å². The number of ether oxygens (including phenoxy) is 1. The van der Waals surface area contributed by atoms with Crippen LogP contribution in [0.2, 0.25) is 5.02 Å². The first kappa shape index (κ1) is 14.9. The maximum absolute atomic E-state index is 11.4. The van der Waals surface area contributed by atoms with Gasteiger partial charge >= 0.3 is 0 Å². The lowest BCUT2D eigenvalue weighted by Gasteiger charge is -2.08. The van der Waals surface area contributed by atoms with Gasteiger partial charge in [-0.3, -0.25) is 4.79 Å². The average molecular weight is 293 g/mol. The molecule has 1 rings (SSSR count). The summed E-state index contributed by atoms with van der Waals surface area (Å²) in [6, 6.07) is 3.80. The monoisotopic (exact) mass is 292 g/mol. The smallest absolute Gasteiger partial charge is 0.250 e. The van der Waals surface area contributed by atoms with E-state index in [-0.39, 0.29) is 22.2 Å². The number of carbonyl (C=O) groups is 1. The van der Waals surface area contributed by atoms with Gasteiger partial charge in [0.05, 0.1) is 15.6 Å². The molecule has 0 bridgehead atoms. The molecule has 1 aromatic carbocycles. The van der Waals surface area contributed by atoms with Crippen LogP contribution in [0.15, 0.2) is 23.1 Å². The highest BCUT2D eigenvalue weighted by atomic mass is 35.5. The standard InChI is InChI=1S/C10H13ClN2O4S/c1-2-17-6-10(14)13-9-5-7(18(12,15)16)3-4-8(9)11/h3-5H,2,6H2,1H3,(H,13,14)(H2,12,15,16). The Morgan fingerprint density at radius 2 is 2.17 bits per heavy atom. The largest absolute Gasteiger partial charge is 0.372 e. The molecule has 0 fully saturated rings. The van der Waals surface area contributed by atoms with E-state index in [1.54, 1.807) is 6.92 Å². The van der Waals surface area contributed by atoms with Crippen LogP contribution in [0.5, 0.6) is 0 Å². The number of hydrogen-bond donors (Lipinski definition) is 2. The highest BCUT2D eigenvalue weighted by Gasteiger charge is 2.12. The molecular formula is C10H13ClN2O4S. The number of hydrogen-bond acceptors (Lipinski definition) is 4. The van der Waals surface area contributed by atoms with E-state index in [2.05, 4.69) is 5.32 Å². The maximum atomic E-state index is 11.4. The molecule has 0 saturated heterocycles. The number of nitrogens with one attached hydrogen (secondary N) is 1. The third-order valence-corrected chi connectivity index (χ3v) is 3.22. The van der Waals surface area contributed by atoms with E-state index in [1.807, 2.05) is 0 Å². The molecule has 0 aliphatic carbocycles. The summed E-state index contributed by atoms with van der Waals surface area (Å²) < 4.78 is 27.2. The predicted molar refractivity (Wildman–Crippen MR) is 67.9 cm³/mol. The van der Waals surface area contributed by atoms with Crippen LogP contribution in [0.3, 0.4) is 0 Å². The SMILES string of the molecule is CCOCC(=O)Nc1cc(S(N)(=O)=O)ccc1Cl. The number of amides is 1. The number of rotatable bonds is 5. The van der Waals surface area contributed by atoms with Crippen LogP contribution in [0.1, 0.15) is 6.92 Å². The van der Waals surface area contributed by atoms with E-state index in [4.69, 9.17) is 21.5 Å². The number of anilines is 1. The van der Waals surface area contributed by atoms with Crippen molar-refractivity contribution < 1.29 is 17.9 Å². The van der Waals surface area contributed by atoms with Crippen molar-refractivity contribution in [3.63, 3.8) is 0 Å². The minimum atomic E-state index is -3.84. The fourth-order valence-corrected chi connectivity index (χ4v) is 1.86. The van der Waals surface area contributed by atoms with Gasteiger partial charge in [0.15, 0.2) is 0 Å². The van der Waals surface area contributed by atoms with Crippen molar-refractivity contribution in [2.75, 3.05) is 18.5 Å². The number of nitrogens with two attached hydrogens (primary N) is 1. The lowest BCUT2D eigenvalue weighted by Crippen LogP contribution is -2.19. The van der Waals surface area contributed by atoms with Crippen molar-refractivity contribution in [1.82, 2.24) is 0 Å². The molecule has 18 heavy (non-hydrogen) atoms. The van der Waals surface area contributed by atoms with E-state index in [0.29, 0.717) is 6.61 Å². The Hall–Kier alpha value is -1.15. The molecule has 100 valence electrons. The zero-order valence-corrected chi connectivity index (χ0v) is 11.2. The summed E-state index contributed by atoms with van der Waals surface area (Å²) in [7, 11) is -3.84. The van der Waals surface area contributed by atoms with Crippen LogP contribution in [-0.4, -0.2) is 27.5 Å². The number of sulfonamides is 1. The number of halogens is 1. The molecule has 0 aliphatic heterocycles. The van der Waals surface area contributed by atoms with Crippen molar-refractivity contribution in [1.29, 1.82) is 0 Å². The molecule has 0 aromatic heterocycles. The van der Waals surface area contributed by atoms with Gasteiger partial charge in [-0.15, -0.1) is 0 Å². The predicted octanol–water partition coefficient (Wildman–Crippen LogP) is 0.962. The quantitative estimate of drug-likeness (QED) is 0.844. The molecule has 0 unspecified atom stereocenters. The molecule has 0 heterocycles. The molecule has 8 heteroatoms. The van der Waals surface area contributed by atoms with E-state index in [0.717, 1.165) is 0 Å². The second-order valence-corrected chi connectivity index (χ2v) is 5.34. The van der Waals surface area contributed by atoms with E-state index < -0.39 is 15.9 Å². The Morgan fingerprint density at radius 1 is 1.50 bits per heavy atom. The molecule has 3 N–H and O–H groups in total. The van der Waals surface area contributed by atoms with Crippen LogP contribution in [0, 0.1) is 0 Å². The summed E-state index contributed by atoms with van der Waals surface area (Å²) >= 11 is 5.83. The second-order valence-electron chi connectivity index (χ2n) is 3.37. The van der Waals surface area contributed by atoms with Gasteiger partial charge < -0.3 is 10.1 Å². The van der Waals surface area contributed by atoms with E-state index >= 15 is 0 Å². The maximum Gasteiger partial charge on any atom is 0.250 e. The highest BCUT2D eigenvalue weighted by molar-refractivity contribution is 7.89. The lowest BCUT2D eigenvalue weighted by molar-refractivity contribution is -0.120. The normalized spacial score (nSPS) is 11.3. The highest BCUT2D eigenvalue weighted by Crippen LogP contribution is 2.24. The fraction of sp³-hybridized carbons (Fsp3) is 0.300. The van der Waals surface area contributed by atoms with Crippen LogP contribution in [0.4, 0.5) is 5.69 Å². The summed E-state index contributed by atoms with van der Waals surface area (Å²) in [6.45, 7) is 2.02. The van der Waals surface area contributed by atoms with Crippen LogP contribution >= 0.6 is 11.6 Å². The Bertz CT molecular complexity index is 545. The zero-order valence-electron chi connectivity index (χ0n) is 9.64. The van der Waals surface area contributed by atoms with Gasteiger partial charge in [-0.1, -0.05) is 11.6 Å². The minimum Gasteiger partial charge on any atom is -0.372 e. The lowest BCUT2D eigenvalue weighted by atomic mass is 10.3. The Kier molecular flexibility index (Phi) is 5.09. The average Bonchev–Trinajstić information content (AvgIpc) is 2.28. The fourth-order valence-electron chi connectivity index (χ4n) is 1.16. The zero-order chi connectivity index (χ0) is 13.8. The van der Waals surface area contributed by atoms with Gasteiger partial charge in [-0.2, -0.15) is 0 Å². The van der Waals surface area contributed by atoms with Crippen LogP contribution < -0.4 is 10.5 Å². The summed E-state index contributed by atoms with van der Waals surface area (Å²) in [5, 5.41) is 7.64.